The summed E-state index contributed by atoms with van der Waals surface area (Å²) in [5.41, 5.74) is 7.45. The highest BCUT2D eigenvalue weighted by Gasteiger charge is 2.24. The van der Waals surface area contributed by atoms with Crippen LogP contribution in [0, 0.1) is 0 Å². The topological polar surface area (TPSA) is 16.4 Å². The summed E-state index contributed by atoms with van der Waals surface area (Å²) in [4.78, 5) is 2.36. The second-order valence-electron chi connectivity index (χ2n) is 8.97. The SMILES string of the molecule is c1ccc(-c2ccc3oc4c5ccccc5ccc4c3c2N(c2ccccc2)c2ccccc2)cc1. The molecule has 0 amide bonds. The second kappa shape index (κ2) is 8.44. The smallest absolute Gasteiger partial charge is 0.143 e. The van der Waals surface area contributed by atoms with Crippen LogP contribution in [-0.2, 0) is 0 Å². The molecule has 0 spiro atoms. The van der Waals surface area contributed by atoms with Crippen molar-refractivity contribution in [3.63, 3.8) is 0 Å². The molecule has 7 aromatic rings. The van der Waals surface area contributed by atoms with Crippen LogP contribution in [0.1, 0.15) is 0 Å². The number of para-hydroxylation sites is 2. The lowest BCUT2D eigenvalue weighted by Gasteiger charge is -2.28. The lowest BCUT2D eigenvalue weighted by molar-refractivity contribution is 0.673. The van der Waals surface area contributed by atoms with Crippen LogP contribution in [0.2, 0.25) is 0 Å². The molecule has 6 aromatic carbocycles. The molecule has 0 aliphatic carbocycles. The highest BCUT2D eigenvalue weighted by atomic mass is 16.3. The van der Waals surface area contributed by atoms with E-state index in [0.29, 0.717) is 0 Å². The number of hydrogen-bond acceptors (Lipinski definition) is 2. The summed E-state index contributed by atoms with van der Waals surface area (Å²) in [6.45, 7) is 0. The van der Waals surface area contributed by atoms with Gasteiger partial charge in [-0.15, -0.1) is 0 Å². The van der Waals surface area contributed by atoms with Gasteiger partial charge in [-0.3, -0.25) is 0 Å². The Hall–Kier alpha value is -4.82. The van der Waals surface area contributed by atoms with Gasteiger partial charge in [-0.1, -0.05) is 97.1 Å². The van der Waals surface area contributed by atoms with Crippen molar-refractivity contribution in [2.75, 3.05) is 4.90 Å². The first kappa shape index (κ1) is 20.5. The predicted molar refractivity (Wildman–Crippen MR) is 151 cm³/mol. The molecule has 0 aliphatic rings. The van der Waals surface area contributed by atoms with Crippen molar-refractivity contribution >= 4 is 49.8 Å². The normalized spacial score (nSPS) is 11.3. The van der Waals surface area contributed by atoms with Gasteiger partial charge >= 0.3 is 0 Å². The number of anilines is 3. The van der Waals surface area contributed by atoms with Crippen LogP contribution in [0.15, 0.2) is 144 Å². The van der Waals surface area contributed by atoms with Crippen LogP contribution >= 0.6 is 0 Å². The van der Waals surface area contributed by atoms with E-state index in [0.717, 1.165) is 50.0 Å². The Morgan fingerprint density at radius 3 is 1.78 bits per heavy atom. The summed E-state index contributed by atoms with van der Waals surface area (Å²) in [5, 5.41) is 4.54. The van der Waals surface area contributed by atoms with Gasteiger partial charge in [-0.05, 0) is 53.4 Å². The Morgan fingerprint density at radius 1 is 0.472 bits per heavy atom. The molecule has 0 bridgehead atoms. The van der Waals surface area contributed by atoms with E-state index in [2.05, 4.69) is 144 Å². The molecule has 0 fully saturated rings. The van der Waals surface area contributed by atoms with E-state index in [1.807, 2.05) is 0 Å². The molecule has 0 saturated carbocycles. The van der Waals surface area contributed by atoms with Crippen LogP contribution in [0.4, 0.5) is 17.1 Å². The van der Waals surface area contributed by atoms with E-state index < -0.39 is 0 Å². The molecule has 2 nitrogen and oxygen atoms in total. The van der Waals surface area contributed by atoms with Gasteiger partial charge in [0.05, 0.1) is 11.1 Å². The van der Waals surface area contributed by atoms with Gasteiger partial charge in [0.15, 0.2) is 0 Å². The van der Waals surface area contributed by atoms with Crippen molar-refractivity contribution in [2.24, 2.45) is 0 Å². The van der Waals surface area contributed by atoms with Crippen molar-refractivity contribution in [3.05, 3.63) is 140 Å². The van der Waals surface area contributed by atoms with Gasteiger partial charge in [0.1, 0.15) is 11.2 Å². The number of fused-ring (bicyclic) bond motifs is 5. The number of hydrogen-bond donors (Lipinski definition) is 0. The van der Waals surface area contributed by atoms with E-state index in [9.17, 15) is 0 Å². The lowest BCUT2D eigenvalue weighted by atomic mass is 9.97. The van der Waals surface area contributed by atoms with Gasteiger partial charge in [-0.2, -0.15) is 0 Å². The van der Waals surface area contributed by atoms with Crippen molar-refractivity contribution in [3.8, 4) is 11.1 Å². The van der Waals surface area contributed by atoms with Gasteiger partial charge < -0.3 is 9.32 Å². The molecule has 0 atom stereocenters. The fraction of sp³-hybridized carbons (Fsp3) is 0. The van der Waals surface area contributed by atoms with Gasteiger partial charge in [0.2, 0.25) is 0 Å². The first-order valence-electron chi connectivity index (χ1n) is 12.2. The molecule has 0 saturated heterocycles. The number of benzene rings is 6. The maximum atomic E-state index is 6.59. The fourth-order valence-corrected chi connectivity index (χ4v) is 5.22. The first-order valence-corrected chi connectivity index (χ1v) is 12.2. The van der Waals surface area contributed by atoms with E-state index in [4.69, 9.17) is 4.42 Å². The van der Waals surface area contributed by atoms with Crippen molar-refractivity contribution in [2.45, 2.75) is 0 Å². The summed E-state index contributed by atoms with van der Waals surface area (Å²) >= 11 is 0. The highest BCUT2D eigenvalue weighted by Crippen LogP contribution is 2.48. The van der Waals surface area contributed by atoms with Crippen LogP contribution < -0.4 is 4.90 Å². The van der Waals surface area contributed by atoms with Crippen LogP contribution in [0.5, 0.6) is 0 Å². The minimum absolute atomic E-state index is 0.882. The zero-order chi connectivity index (χ0) is 23.9. The summed E-state index contributed by atoms with van der Waals surface area (Å²) in [6, 6.07) is 48.9. The number of nitrogens with zero attached hydrogens (tertiary/aromatic N) is 1. The average molecular weight is 462 g/mol. The quantitative estimate of drug-likeness (QED) is 0.259. The Morgan fingerprint density at radius 2 is 1.08 bits per heavy atom. The van der Waals surface area contributed by atoms with E-state index >= 15 is 0 Å². The lowest BCUT2D eigenvalue weighted by Crippen LogP contribution is -2.11. The molecule has 1 aromatic heterocycles. The Bertz CT molecular complexity index is 1780. The van der Waals surface area contributed by atoms with E-state index in [-0.39, 0.29) is 0 Å². The minimum Gasteiger partial charge on any atom is -0.455 e. The number of rotatable bonds is 4. The third-order valence-corrected chi connectivity index (χ3v) is 6.84. The minimum atomic E-state index is 0.882. The largest absolute Gasteiger partial charge is 0.455 e. The maximum absolute atomic E-state index is 6.59. The number of furan rings is 1. The molecule has 0 radical (unpaired) electrons. The third kappa shape index (κ3) is 3.27. The molecule has 36 heavy (non-hydrogen) atoms. The zero-order valence-corrected chi connectivity index (χ0v) is 19.6. The summed E-state index contributed by atoms with van der Waals surface area (Å²) in [6.07, 6.45) is 0. The van der Waals surface area contributed by atoms with Gasteiger partial charge in [0.25, 0.3) is 0 Å². The first-order chi connectivity index (χ1) is 17.9. The zero-order valence-electron chi connectivity index (χ0n) is 19.6. The molecule has 0 unspecified atom stereocenters. The summed E-state index contributed by atoms with van der Waals surface area (Å²) < 4.78 is 6.59. The Kier molecular flexibility index (Phi) is 4.82. The standard InChI is InChI=1S/C34H23NO/c1-4-12-24(13-5-1)28-22-23-31-32(30-21-20-25-14-10-11-19-29(25)34(30)36-31)33(28)35(26-15-6-2-7-16-26)27-17-8-3-9-18-27/h1-23H. The molecule has 1 heterocycles. The second-order valence-corrected chi connectivity index (χ2v) is 8.97. The van der Waals surface area contributed by atoms with Crippen molar-refractivity contribution in [1.82, 2.24) is 0 Å². The molecule has 2 heteroatoms. The highest BCUT2D eigenvalue weighted by molar-refractivity contribution is 6.21. The van der Waals surface area contributed by atoms with Gasteiger partial charge in [-0.25, -0.2) is 0 Å². The fourth-order valence-electron chi connectivity index (χ4n) is 5.22. The molecule has 0 N–H and O–H groups in total. The molecule has 170 valence electrons. The monoisotopic (exact) mass is 461 g/mol. The molecule has 0 aliphatic heterocycles. The third-order valence-electron chi connectivity index (χ3n) is 6.84. The Balaban J connectivity index is 1.66. The Labute approximate surface area is 209 Å². The van der Waals surface area contributed by atoms with Crippen LogP contribution in [-0.4, -0.2) is 0 Å². The van der Waals surface area contributed by atoms with Crippen LogP contribution in [0.3, 0.4) is 0 Å². The average Bonchev–Trinajstić information content (AvgIpc) is 3.34. The van der Waals surface area contributed by atoms with Gasteiger partial charge in [0, 0.05) is 27.7 Å². The molecular weight excluding hydrogens is 438 g/mol. The molecule has 7 rings (SSSR count). The van der Waals surface area contributed by atoms with E-state index in [1.165, 1.54) is 10.9 Å². The molecular formula is C34H23NO. The van der Waals surface area contributed by atoms with Crippen molar-refractivity contribution in [1.29, 1.82) is 0 Å². The van der Waals surface area contributed by atoms with Crippen LogP contribution in [0.25, 0.3) is 43.8 Å². The maximum Gasteiger partial charge on any atom is 0.143 e. The predicted octanol–water partition coefficient (Wildman–Crippen LogP) is 9.88. The van der Waals surface area contributed by atoms with Crippen molar-refractivity contribution < 1.29 is 4.42 Å². The summed E-state index contributed by atoms with van der Waals surface area (Å²) in [7, 11) is 0. The van der Waals surface area contributed by atoms with E-state index in [1.54, 1.807) is 0 Å². The summed E-state index contributed by atoms with van der Waals surface area (Å²) in [5.74, 6) is 0.